The van der Waals surface area contributed by atoms with Crippen LogP contribution in [-0.4, -0.2) is 21.8 Å². The summed E-state index contributed by atoms with van der Waals surface area (Å²) >= 11 is 0. The second-order valence-corrected chi connectivity index (χ2v) is 5.23. The second kappa shape index (κ2) is 6.31. The van der Waals surface area contributed by atoms with Crippen molar-refractivity contribution < 1.29 is 4.79 Å². The summed E-state index contributed by atoms with van der Waals surface area (Å²) < 4.78 is 0. The quantitative estimate of drug-likeness (QED) is 0.511. The Labute approximate surface area is 133 Å². The van der Waals surface area contributed by atoms with Gasteiger partial charge in [0.1, 0.15) is 0 Å². The summed E-state index contributed by atoms with van der Waals surface area (Å²) in [4.78, 5) is 23.2. The summed E-state index contributed by atoms with van der Waals surface area (Å²) in [6, 6.07) is 15.2. The second-order valence-electron chi connectivity index (χ2n) is 5.23. The minimum Gasteiger partial charge on any atom is -0.369 e. The highest BCUT2D eigenvalue weighted by Gasteiger charge is 2.07. The van der Waals surface area contributed by atoms with Gasteiger partial charge in [0, 0.05) is 0 Å². The number of aryl methyl sites for hydroxylation is 1. The fourth-order valence-electron chi connectivity index (χ4n) is 2.33. The Hall–Kier alpha value is -3.15. The lowest BCUT2D eigenvalue weighted by Gasteiger charge is -2.01. The van der Waals surface area contributed by atoms with Crippen LogP contribution in [0.4, 0.5) is 5.95 Å². The van der Waals surface area contributed by atoms with E-state index >= 15 is 0 Å². The van der Waals surface area contributed by atoms with E-state index in [1.54, 1.807) is 0 Å². The number of nitrogens with one attached hydrogen (secondary N) is 2. The first kappa shape index (κ1) is 14.8. The molecule has 0 radical (unpaired) electrons. The lowest BCUT2D eigenvalue weighted by atomic mass is 10.1. The number of hydrogen-bond donors (Lipinski definition) is 3. The number of guanidine groups is 1. The fraction of sp³-hybridized carbons (Fsp3) is 0.118. The average molecular weight is 307 g/mol. The van der Waals surface area contributed by atoms with Crippen LogP contribution in [0, 0.1) is 6.92 Å². The zero-order valence-corrected chi connectivity index (χ0v) is 12.7. The minimum absolute atomic E-state index is 0.0163. The molecular formula is C17H17N5O. The first-order valence-electron chi connectivity index (χ1n) is 7.25. The molecule has 0 spiro atoms. The molecular weight excluding hydrogens is 290 g/mol. The largest absolute Gasteiger partial charge is 0.369 e. The van der Waals surface area contributed by atoms with Crippen molar-refractivity contribution in [3.63, 3.8) is 0 Å². The predicted molar refractivity (Wildman–Crippen MR) is 91.2 cm³/mol. The van der Waals surface area contributed by atoms with Gasteiger partial charge in [-0.15, -0.1) is 0 Å². The fourth-order valence-corrected chi connectivity index (χ4v) is 2.33. The number of benzene rings is 2. The number of nitrogens with zero attached hydrogens (tertiary/aromatic N) is 2. The molecule has 0 aliphatic carbocycles. The van der Waals surface area contributed by atoms with Gasteiger partial charge >= 0.3 is 0 Å². The topological polar surface area (TPSA) is 96.2 Å². The molecule has 0 saturated heterocycles. The van der Waals surface area contributed by atoms with Crippen LogP contribution < -0.4 is 11.1 Å². The van der Waals surface area contributed by atoms with Gasteiger partial charge in [0.15, 0.2) is 0 Å². The van der Waals surface area contributed by atoms with Crippen molar-refractivity contribution in [2.75, 3.05) is 5.32 Å². The molecule has 0 saturated carbocycles. The lowest BCUT2D eigenvalue weighted by molar-refractivity contribution is -0.117. The number of carbonyl (C=O) groups excluding carboxylic acids is 1. The molecule has 1 aromatic heterocycles. The van der Waals surface area contributed by atoms with E-state index < -0.39 is 0 Å². The number of para-hydroxylation sites is 1. The zero-order valence-electron chi connectivity index (χ0n) is 12.7. The van der Waals surface area contributed by atoms with E-state index in [1.807, 2.05) is 55.5 Å². The third kappa shape index (κ3) is 3.55. The van der Waals surface area contributed by atoms with Crippen LogP contribution in [0.25, 0.3) is 11.0 Å². The highest BCUT2D eigenvalue weighted by atomic mass is 16.1. The minimum atomic E-state index is -0.312. The summed E-state index contributed by atoms with van der Waals surface area (Å²) in [5.41, 5.74) is 9.52. The van der Waals surface area contributed by atoms with Crippen LogP contribution in [-0.2, 0) is 11.2 Å². The smallest absolute Gasteiger partial charge is 0.253 e. The number of anilines is 1. The van der Waals surface area contributed by atoms with E-state index in [9.17, 15) is 4.79 Å². The Morgan fingerprint density at radius 1 is 1.22 bits per heavy atom. The number of amides is 1. The van der Waals surface area contributed by atoms with Crippen LogP contribution in [0.15, 0.2) is 53.5 Å². The summed E-state index contributed by atoms with van der Waals surface area (Å²) in [5.74, 6) is 0.166. The van der Waals surface area contributed by atoms with Crippen molar-refractivity contribution in [3.8, 4) is 0 Å². The molecule has 0 unspecified atom stereocenters. The number of imidazole rings is 1. The molecule has 0 bridgehead atoms. The number of carbonyl (C=O) groups is 1. The molecule has 4 N–H and O–H groups in total. The van der Waals surface area contributed by atoms with Gasteiger partial charge in [-0.25, -0.2) is 4.98 Å². The maximum absolute atomic E-state index is 11.9. The van der Waals surface area contributed by atoms with Crippen molar-refractivity contribution in [2.45, 2.75) is 13.3 Å². The van der Waals surface area contributed by atoms with Gasteiger partial charge in [-0.3, -0.25) is 10.1 Å². The Kier molecular flexibility index (Phi) is 4.05. The van der Waals surface area contributed by atoms with E-state index in [-0.39, 0.29) is 18.3 Å². The highest BCUT2D eigenvalue weighted by Crippen LogP contribution is 2.17. The molecule has 2 aromatic carbocycles. The van der Waals surface area contributed by atoms with Crippen LogP contribution >= 0.6 is 0 Å². The summed E-state index contributed by atoms with van der Waals surface area (Å²) in [6.45, 7) is 1.99. The molecule has 3 rings (SSSR count). The van der Waals surface area contributed by atoms with E-state index in [1.165, 1.54) is 0 Å². The van der Waals surface area contributed by atoms with Gasteiger partial charge < -0.3 is 10.7 Å². The molecule has 0 fully saturated rings. The maximum atomic E-state index is 11.9. The van der Waals surface area contributed by atoms with Gasteiger partial charge in [0.2, 0.25) is 11.9 Å². The van der Waals surface area contributed by atoms with Crippen LogP contribution in [0.5, 0.6) is 0 Å². The Bertz CT molecular complexity index is 867. The van der Waals surface area contributed by atoms with Gasteiger partial charge in [0.05, 0.1) is 17.5 Å². The maximum Gasteiger partial charge on any atom is 0.253 e. The molecule has 0 atom stereocenters. The van der Waals surface area contributed by atoms with Gasteiger partial charge in [0.25, 0.3) is 5.91 Å². The average Bonchev–Trinajstić information content (AvgIpc) is 2.91. The van der Waals surface area contributed by atoms with Crippen molar-refractivity contribution in [1.82, 2.24) is 9.97 Å². The molecule has 0 aliphatic heterocycles. The van der Waals surface area contributed by atoms with Gasteiger partial charge in [-0.05, 0) is 24.1 Å². The van der Waals surface area contributed by atoms with Crippen molar-refractivity contribution in [3.05, 3.63) is 59.7 Å². The van der Waals surface area contributed by atoms with Crippen molar-refractivity contribution >= 4 is 28.8 Å². The van der Waals surface area contributed by atoms with Crippen molar-refractivity contribution in [1.29, 1.82) is 0 Å². The molecule has 1 amide bonds. The number of rotatable bonds is 3. The first-order valence-corrected chi connectivity index (χ1v) is 7.25. The SMILES string of the molecule is Cc1cccc2nc(N/C(N)=N\C(=O)Cc3ccccc3)[nH]c12. The molecule has 116 valence electrons. The van der Waals surface area contributed by atoms with E-state index in [0.29, 0.717) is 5.95 Å². The van der Waals surface area contributed by atoms with Crippen LogP contribution in [0.2, 0.25) is 0 Å². The number of aromatic nitrogens is 2. The number of H-pyrrole nitrogens is 1. The van der Waals surface area contributed by atoms with Crippen LogP contribution in [0.3, 0.4) is 0 Å². The molecule has 6 nitrogen and oxygen atoms in total. The van der Waals surface area contributed by atoms with Gasteiger partial charge in [-0.1, -0.05) is 42.5 Å². The van der Waals surface area contributed by atoms with E-state index in [4.69, 9.17) is 5.73 Å². The molecule has 0 aliphatic rings. The lowest BCUT2D eigenvalue weighted by Crippen LogP contribution is -2.25. The summed E-state index contributed by atoms with van der Waals surface area (Å²) in [7, 11) is 0. The number of nitrogens with two attached hydrogens (primary N) is 1. The van der Waals surface area contributed by atoms with Gasteiger partial charge in [-0.2, -0.15) is 4.99 Å². The third-order valence-electron chi connectivity index (χ3n) is 3.42. The standard InChI is InChI=1S/C17H17N5O/c1-11-6-5-9-13-15(11)21-17(19-13)22-16(18)20-14(23)10-12-7-3-2-4-8-12/h2-9H,10H2,1H3,(H4,18,19,20,21,22,23). The zero-order chi connectivity index (χ0) is 16.2. The Morgan fingerprint density at radius 2 is 2.00 bits per heavy atom. The Balaban J connectivity index is 1.71. The molecule has 3 aromatic rings. The number of aromatic amines is 1. The number of aliphatic imine (C=N–C) groups is 1. The van der Waals surface area contributed by atoms with E-state index in [0.717, 1.165) is 22.2 Å². The van der Waals surface area contributed by atoms with Crippen molar-refractivity contribution in [2.24, 2.45) is 10.7 Å². The first-order chi connectivity index (χ1) is 11.1. The number of fused-ring (bicyclic) bond motifs is 1. The Morgan fingerprint density at radius 3 is 2.74 bits per heavy atom. The molecule has 1 heterocycles. The normalized spacial score (nSPS) is 11.6. The summed E-state index contributed by atoms with van der Waals surface area (Å²) in [6.07, 6.45) is 0.211. The predicted octanol–water partition coefficient (Wildman–Crippen LogP) is 2.37. The van der Waals surface area contributed by atoms with Crippen LogP contribution in [0.1, 0.15) is 11.1 Å². The molecule has 6 heteroatoms. The number of hydrogen-bond acceptors (Lipinski definition) is 2. The van der Waals surface area contributed by atoms with E-state index in [2.05, 4.69) is 20.3 Å². The highest BCUT2D eigenvalue weighted by molar-refractivity contribution is 6.00. The molecule has 23 heavy (non-hydrogen) atoms. The summed E-state index contributed by atoms with van der Waals surface area (Å²) in [5, 5.41) is 2.82. The third-order valence-corrected chi connectivity index (χ3v) is 3.42. The monoisotopic (exact) mass is 307 g/mol.